The Balaban J connectivity index is 1.72. The number of nitrogens with zero attached hydrogens (tertiary/aromatic N) is 3. The SMILES string of the molecule is CON=CC1C2CC(CN(Cc3ccccc3)C2)C1C=NOC. The molecule has 1 aromatic carbocycles. The molecule has 4 atom stereocenters. The molecule has 1 heterocycles. The zero-order chi connectivity index (χ0) is 16.1. The lowest BCUT2D eigenvalue weighted by Crippen LogP contribution is -2.37. The molecule has 3 rings (SSSR count). The maximum atomic E-state index is 4.91. The van der Waals surface area contributed by atoms with Crippen molar-refractivity contribution in [2.75, 3.05) is 27.3 Å². The lowest BCUT2D eigenvalue weighted by molar-refractivity contribution is 0.154. The standard InChI is InChI=1S/C18H25N3O2/c1-22-19-9-17-15-8-16(18(17)10-20-23-2)13-21(12-15)11-14-6-4-3-5-7-14/h3-7,9-10,15-18H,8,11-13H2,1-2H3. The summed E-state index contributed by atoms with van der Waals surface area (Å²) in [5.41, 5.74) is 1.37. The van der Waals surface area contributed by atoms with Gasteiger partial charge in [-0.1, -0.05) is 40.6 Å². The normalized spacial score (nSPS) is 31.0. The van der Waals surface area contributed by atoms with E-state index in [1.54, 1.807) is 14.2 Å². The Morgan fingerprint density at radius 2 is 1.57 bits per heavy atom. The molecule has 1 aromatic rings. The van der Waals surface area contributed by atoms with Crippen LogP contribution in [0.15, 0.2) is 40.6 Å². The molecule has 0 radical (unpaired) electrons. The van der Waals surface area contributed by atoms with Crippen molar-refractivity contribution in [1.82, 2.24) is 4.90 Å². The minimum Gasteiger partial charge on any atom is -0.399 e. The van der Waals surface area contributed by atoms with Crippen LogP contribution >= 0.6 is 0 Å². The van der Waals surface area contributed by atoms with Gasteiger partial charge in [-0.15, -0.1) is 0 Å². The fourth-order valence-electron chi connectivity index (χ4n) is 4.14. The van der Waals surface area contributed by atoms with Gasteiger partial charge in [-0.3, -0.25) is 4.90 Å². The van der Waals surface area contributed by atoms with Gasteiger partial charge in [0.15, 0.2) is 0 Å². The third kappa shape index (κ3) is 3.72. The van der Waals surface area contributed by atoms with E-state index in [-0.39, 0.29) is 0 Å². The summed E-state index contributed by atoms with van der Waals surface area (Å²) in [6, 6.07) is 10.7. The first-order chi connectivity index (χ1) is 11.3. The smallest absolute Gasteiger partial charge is 0.106 e. The van der Waals surface area contributed by atoms with Crippen molar-refractivity contribution in [3.63, 3.8) is 0 Å². The van der Waals surface area contributed by atoms with Crippen molar-refractivity contribution < 1.29 is 9.68 Å². The summed E-state index contributed by atoms with van der Waals surface area (Å²) in [7, 11) is 3.19. The second-order valence-corrected chi connectivity index (χ2v) is 6.46. The lowest BCUT2D eigenvalue weighted by atomic mass is 9.90. The Bertz CT molecular complexity index is 518. The van der Waals surface area contributed by atoms with Crippen molar-refractivity contribution in [2.45, 2.75) is 13.0 Å². The van der Waals surface area contributed by atoms with Crippen LogP contribution < -0.4 is 0 Å². The first-order valence-electron chi connectivity index (χ1n) is 8.21. The predicted octanol–water partition coefficient (Wildman–Crippen LogP) is 2.64. The average molecular weight is 315 g/mol. The van der Waals surface area contributed by atoms with E-state index in [0.717, 1.165) is 19.6 Å². The van der Waals surface area contributed by atoms with E-state index in [4.69, 9.17) is 9.68 Å². The Labute approximate surface area is 137 Å². The van der Waals surface area contributed by atoms with Gasteiger partial charge in [0.2, 0.25) is 0 Å². The molecule has 1 aliphatic carbocycles. The Hall–Kier alpha value is -1.88. The maximum Gasteiger partial charge on any atom is 0.106 e. The highest BCUT2D eigenvalue weighted by molar-refractivity contribution is 5.72. The molecule has 1 aliphatic heterocycles. The van der Waals surface area contributed by atoms with Crippen molar-refractivity contribution in [3.8, 4) is 0 Å². The second kappa shape index (κ2) is 7.59. The Morgan fingerprint density at radius 3 is 2.09 bits per heavy atom. The number of oxime groups is 2. The number of hydrogen-bond donors (Lipinski definition) is 0. The van der Waals surface area contributed by atoms with Crippen molar-refractivity contribution in [2.24, 2.45) is 34.0 Å². The van der Waals surface area contributed by atoms with E-state index < -0.39 is 0 Å². The molecule has 4 unspecified atom stereocenters. The number of hydrogen-bond acceptors (Lipinski definition) is 5. The van der Waals surface area contributed by atoms with Crippen molar-refractivity contribution in [3.05, 3.63) is 35.9 Å². The molecule has 0 aromatic heterocycles. The van der Waals surface area contributed by atoms with Crippen LogP contribution in [0.1, 0.15) is 12.0 Å². The topological polar surface area (TPSA) is 46.4 Å². The molecule has 2 bridgehead atoms. The van der Waals surface area contributed by atoms with E-state index in [9.17, 15) is 0 Å². The van der Waals surface area contributed by atoms with Gasteiger partial charge in [0.1, 0.15) is 14.2 Å². The largest absolute Gasteiger partial charge is 0.399 e. The summed E-state index contributed by atoms with van der Waals surface area (Å²) < 4.78 is 0. The third-order valence-electron chi connectivity index (χ3n) is 5.05. The molecular formula is C18H25N3O2. The maximum absolute atomic E-state index is 4.91. The van der Waals surface area contributed by atoms with E-state index in [2.05, 4.69) is 45.5 Å². The second-order valence-electron chi connectivity index (χ2n) is 6.46. The molecule has 0 amide bonds. The van der Waals surface area contributed by atoms with Gasteiger partial charge in [-0.25, -0.2) is 0 Å². The molecule has 1 saturated carbocycles. The number of benzene rings is 1. The van der Waals surface area contributed by atoms with Crippen LogP contribution in [0.2, 0.25) is 0 Å². The van der Waals surface area contributed by atoms with Crippen LogP contribution in [0.5, 0.6) is 0 Å². The first-order valence-corrected chi connectivity index (χ1v) is 8.21. The molecule has 0 spiro atoms. The van der Waals surface area contributed by atoms with Gasteiger partial charge in [-0.05, 0) is 23.8 Å². The highest BCUT2D eigenvalue weighted by Crippen LogP contribution is 2.44. The first kappa shape index (κ1) is 16.0. The van der Waals surface area contributed by atoms with E-state index >= 15 is 0 Å². The number of fused-ring (bicyclic) bond motifs is 2. The number of piperidine rings is 1. The van der Waals surface area contributed by atoms with E-state index in [1.165, 1.54) is 12.0 Å². The summed E-state index contributed by atoms with van der Waals surface area (Å²) in [6.45, 7) is 3.21. The molecule has 1 saturated heterocycles. The van der Waals surface area contributed by atoms with Crippen LogP contribution in [0.4, 0.5) is 0 Å². The Morgan fingerprint density at radius 1 is 1.00 bits per heavy atom. The van der Waals surface area contributed by atoms with E-state index in [1.807, 2.05) is 12.4 Å². The van der Waals surface area contributed by atoms with Crippen LogP contribution in [-0.2, 0) is 16.2 Å². The molecule has 23 heavy (non-hydrogen) atoms. The quantitative estimate of drug-likeness (QED) is 0.599. The summed E-state index contributed by atoms with van der Waals surface area (Å²) in [5, 5.41) is 8.07. The molecule has 124 valence electrons. The predicted molar refractivity (Wildman–Crippen MR) is 91.3 cm³/mol. The van der Waals surface area contributed by atoms with Gasteiger partial charge in [0.05, 0.1) is 0 Å². The van der Waals surface area contributed by atoms with Gasteiger partial charge in [0.25, 0.3) is 0 Å². The summed E-state index contributed by atoms with van der Waals surface area (Å²) in [6.07, 6.45) is 5.15. The van der Waals surface area contributed by atoms with Crippen LogP contribution in [-0.4, -0.2) is 44.6 Å². The van der Waals surface area contributed by atoms with Crippen LogP contribution in [0.25, 0.3) is 0 Å². The van der Waals surface area contributed by atoms with Gasteiger partial charge in [-0.2, -0.15) is 0 Å². The summed E-state index contributed by atoms with van der Waals surface area (Å²) in [4.78, 5) is 12.4. The molecule has 0 N–H and O–H groups in total. The van der Waals surface area contributed by atoms with Crippen LogP contribution in [0.3, 0.4) is 0 Å². The zero-order valence-corrected chi connectivity index (χ0v) is 13.8. The molecule has 2 fully saturated rings. The van der Waals surface area contributed by atoms with Crippen molar-refractivity contribution >= 4 is 12.4 Å². The zero-order valence-electron chi connectivity index (χ0n) is 13.8. The van der Waals surface area contributed by atoms with Gasteiger partial charge < -0.3 is 9.68 Å². The van der Waals surface area contributed by atoms with Crippen LogP contribution in [0, 0.1) is 23.7 Å². The molecule has 5 heteroatoms. The fourth-order valence-corrected chi connectivity index (χ4v) is 4.14. The number of likely N-dealkylation sites (tertiary alicyclic amines) is 1. The molecule has 5 nitrogen and oxygen atoms in total. The third-order valence-corrected chi connectivity index (χ3v) is 5.05. The number of rotatable bonds is 6. The highest BCUT2D eigenvalue weighted by atomic mass is 16.6. The van der Waals surface area contributed by atoms with E-state index in [0.29, 0.717) is 23.7 Å². The highest BCUT2D eigenvalue weighted by Gasteiger charge is 2.46. The summed E-state index contributed by atoms with van der Waals surface area (Å²) in [5.74, 6) is 1.95. The Kier molecular flexibility index (Phi) is 5.28. The summed E-state index contributed by atoms with van der Waals surface area (Å²) >= 11 is 0. The molecule has 2 aliphatic rings. The van der Waals surface area contributed by atoms with Crippen molar-refractivity contribution in [1.29, 1.82) is 0 Å². The average Bonchev–Trinajstić information content (AvgIpc) is 2.81. The monoisotopic (exact) mass is 315 g/mol. The minimum absolute atomic E-state index is 0.375. The van der Waals surface area contributed by atoms with Gasteiger partial charge >= 0.3 is 0 Å². The van der Waals surface area contributed by atoms with Gasteiger partial charge in [0, 0.05) is 43.9 Å². The molecular weight excluding hydrogens is 290 g/mol. The lowest BCUT2D eigenvalue weighted by Gasteiger charge is -2.32. The minimum atomic E-state index is 0.375. The fraction of sp³-hybridized carbons (Fsp3) is 0.556.